The van der Waals surface area contributed by atoms with Gasteiger partial charge in [0.05, 0.1) is 0 Å². The number of aromatic nitrogens is 3. The van der Waals surface area contributed by atoms with Crippen LogP contribution in [0.25, 0.3) is 0 Å². The van der Waals surface area contributed by atoms with E-state index in [0.717, 1.165) is 29.0 Å². The van der Waals surface area contributed by atoms with Crippen molar-refractivity contribution < 1.29 is 4.74 Å². The third-order valence-corrected chi connectivity index (χ3v) is 5.72. The van der Waals surface area contributed by atoms with Crippen LogP contribution < -0.4 is 4.74 Å². The van der Waals surface area contributed by atoms with Crippen LogP contribution in [-0.2, 0) is 24.3 Å². The van der Waals surface area contributed by atoms with Crippen molar-refractivity contribution in [2.45, 2.75) is 64.1 Å². The molecule has 0 radical (unpaired) electrons. The molecule has 0 bridgehead atoms. The molecule has 0 unspecified atom stereocenters. The van der Waals surface area contributed by atoms with Gasteiger partial charge in [0.25, 0.3) is 0 Å². The minimum Gasteiger partial charge on any atom is -0.486 e. The second kappa shape index (κ2) is 8.82. The van der Waals surface area contributed by atoms with Crippen LogP contribution in [0, 0.1) is 6.92 Å². The molecule has 0 N–H and O–H groups in total. The summed E-state index contributed by atoms with van der Waals surface area (Å²) in [7, 11) is 0. The SMILES string of the molecule is CCn1c(COc2ccc(C(C)(C)C)cc2)nnc1SCc1ccc(C)cc1. The lowest BCUT2D eigenvalue weighted by Gasteiger charge is -2.19. The van der Waals surface area contributed by atoms with Crippen molar-refractivity contribution in [1.82, 2.24) is 14.8 Å². The number of benzene rings is 2. The van der Waals surface area contributed by atoms with Gasteiger partial charge in [-0.2, -0.15) is 0 Å². The van der Waals surface area contributed by atoms with E-state index in [0.29, 0.717) is 6.61 Å². The minimum absolute atomic E-state index is 0.143. The minimum atomic E-state index is 0.143. The lowest BCUT2D eigenvalue weighted by Crippen LogP contribution is -2.11. The number of ether oxygens (including phenoxy) is 1. The van der Waals surface area contributed by atoms with E-state index in [1.807, 2.05) is 12.1 Å². The quantitative estimate of drug-likeness (QED) is 0.476. The highest BCUT2D eigenvalue weighted by Crippen LogP contribution is 2.25. The van der Waals surface area contributed by atoms with Gasteiger partial charge >= 0.3 is 0 Å². The van der Waals surface area contributed by atoms with Gasteiger partial charge in [-0.15, -0.1) is 10.2 Å². The molecule has 1 aromatic heterocycles. The van der Waals surface area contributed by atoms with Gasteiger partial charge in [-0.3, -0.25) is 0 Å². The molecule has 0 saturated carbocycles. The summed E-state index contributed by atoms with van der Waals surface area (Å²) in [6.45, 7) is 12.1. The van der Waals surface area contributed by atoms with Crippen molar-refractivity contribution in [2.24, 2.45) is 0 Å². The topological polar surface area (TPSA) is 39.9 Å². The summed E-state index contributed by atoms with van der Waals surface area (Å²) in [5.74, 6) is 2.59. The number of hydrogen-bond acceptors (Lipinski definition) is 4. The van der Waals surface area contributed by atoms with E-state index in [4.69, 9.17) is 4.74 Å². The summed E-state index contributed by atoms with van der Waals surface area (Å²) in [5.41, 5.74) is 4.01. The number of rotatable bonds is 7. The van der Waals surface area contributed by atoms with Gasteiger partial charge in [0.1, 0.15) is 12.4 Å². The molecular weight excluding hydrogens is 366 g/mol. The Labute approximate surface area is 172 Å². The monoisotopic (exact) mass is 395 g/mol. The summed E-state index contributed by atoms with van der Waals surface area (Å²) in [6.07, 6.45) is 0. The maximum absolute atomic E-state index is 5.96. The molecule has 3 rings (SSSR count). The fourth-order valence-electron chi connectivity index (χ4n) is 2.88. The predicted molar refractivity (Wildman–Crippen MR) is 116 cm³/mol. The van der Waals surface area contributed by atoms with E-state index < -0.39 is 0 Å². The van der Waals surface area contributed by atoms with Crippen molar-refractivity contribution in [3.8, 4) is 5.75 Å². The molecule has 28 heavy (non-hydrogen) atoms. The summed E-state index contributed by atoms with van der Waals surface area (Å²) < 4.78 is 8.09. The van der Waals surface area contributed by atoms with Crippen molar-refractivity contribution in [1.29, 1.82) is 0 Å². The zero-order valence-electron chi connectivity index (χ0n) is 17.4. The summed E-state index contributed by atoms with van der Waals surface area (Å²) in [4.78, 5) is 0. The molecule has 148 valence electrons. The fourth-order valence-corrected chi connectivity index (χ4v) is 3.86. The van der Waals surface area contributed by atoms with E-state index >= 15 is 0 Å². The standard InChI is InChI=1S/C23H29N3OS/c1-6-26-21(15-27-20-13-11-19(12-14-20)23(3,4)5)24-25-22(26)28-16-18-9-7-17(2)8-10-18/h7-14H,6,15-16H2,1-5H3. The largest absolute Gasteiger partial charge is 0.486 e. The number of aryl methyl sites for hydroxylation is 1. The molecule has 3 aromatic rings. The van der Waals surface area contributed by atoms with E-state index in [2.05, 4.69) is 85.8 Å². The Hall–Kier alpha value is -2.27. The van der Waals surface area contributed by atoms with Gasteiger partial charge in [0, 0.05) is 12.3 Å². The highest BCUT2D eigenvalue weighted by Gasteiger charge is 2.14. The third kappa shape index (κ3) is 5.16. The molecule has 0 fully saturated rings. The van der Waals surface area contributed by atoms with Gasteiger partial charge in [0.15, 0.2) is 11.0 Å². The Balaban J connectivity index is 1.62. The Morgan fingerprint density at radius 1 is 0.964 bits per heavy atom. The van der Waals surface area contributed by atoms with Crippen LogP contribution in [0.2, 0.25) is 0 Å². The normalized spacial score (nSPS) is 11.6. The number of hydrogen-bond donors (Lipinski definition) is 0. The molecule has 0 amide bonds. The zero-order valence-corrected chi connectivity index (χ0v) is 18.2. The van der Waals surface area contributed by atoms with Crippen LogP contribution in [0.4, 0.5) is 0 Å². The second-order valence-corrected chi connectivity index (χ2v) is 8.92. The first-order valence-electron chi connectivity index (χ1n) is 9.70. The number of thioether (sulfide) groups is 1. The lowest BCUT2D eigenvalue weighted by atomic mass is 9.87. The molecule has 0 aliphatic rings. The van der Waals surface area contributed by atoms with Gasteiger partial charge in [0.2, 0.25) is 0 Å². The van der Waals surface area contributed by atoms with Crippen molar-refractivity contribution in [2.75, 3.05) is 0 Å². The molecule has 1 heterocycles. The Morgan fingerprint density at radius 2 is 1.64 bits per heavy atom. The van der Waals surface area contributed by atoms with E-state index in [1.165, 1.54) is 16.7 Å². The molecule has 5 heteroatoms. The van der Waals surface area contributed by atoms with E-state index in [9.17, 15) is 0 Å². The number of nitrogens with zero attached hydrogens (tertiary/aromatic N) is 3. The van der Waals surface area contributed by atoms with Crippen LogP contribution >= 0.6 is 11.8 Å². The van der Waals surface area contributed by atoms with Gasteiger partial charge in [-0.1, -0.05) is 74.5 Å². The molecule has 0 aliphatic carbocycles. The highest BCUT2D eigenvalue weighted by molar-refractivity contribution is 7.98. The molecular formula is C23H29N3OS. The Bertz CT molecular complexity index is 893. The Kier molecular flexibility index (Phi) is 6.45. The van der Waals surface area contributed by atoms with Crippen LogP contribution in [0.1, 0.15) is 50.2 Å². The molecule has 0 saturated heterocycles. The third-order valence-electron chi connectivity index (χ3n) is 4.69. The first kappa shape index (κ1) is 20.5. The maximum atomic E-state index is 5.96. The summed E-state index contributed by atoms with van der Waals surface area (Å²) >= 11 is 1.71. The highest BCUT2D eigenvalue weighted by atomic mass is 32.2. The summed E-state index contributed by atoms with van der Waals surface area (Å²) in [6, 6.07) is 16.9. The van der Waals surface area contributed by atoms with Crippen LogP contribution in [0.3, 0.4) is 0 Å². The molecule has 0 spiro atoms. The van der Waals surface area contributed by atoms with Crippen molar-refractivity contribution >= 4 is 11.8 Å². The summed E-state index contributed by atoms with van der Waals surface area (Å²) in [5, 5.41) is 9.66. The first-order valence-corrected chi connectivity index (χ1v) is 10.7. The molecule has 4 nitrogen and oxygen atoms in total. The second-order valence-electron chi connectivity index (χ2n) is 7.98. The van der Waals surface area contributed by atoms with Crippen molar-refractivity contribution in [3.63, 3.8) is 0 Å². The predicted octanol–water partition coefficient (Wildman–Crippen LogP) is 5.78. The van der Waals surface area contributed by atoms with E-state index in [1.54, 1.807) is 11.8 Å². The van der Waals surface area contributed by atoms with Gasteiger partial charge in [-0.05, 0) is 42.5 Å². The fraction of sp³-hybridized carbons (Fsp3) is 0.391. The van der Waals surface area contributed by atoms with Crippen LogP contribution in [-0.4, -0.2) is 14.8 Å². The van der Waals surface area contributed by atoms with Gasteiger partial charge in [-0.25, -0.2) is 0 Å². The zero-order chi connectivity index (χ0) is 20.1. The lowest BCUT2D eigenvalue weighted by molar-refractivity contribution is 0.288. The smallest absolute Gasteiger partial charge is 0.191 e. The molecule has 0 aliphatic heterocycles. The Morgan fingerprint density at radius 3 is 2.25 bits per heavy atom. The van der Waals surface area contributed by atoms with Crippen LogP contribution in [0.15, 0.2) is 53.7 Å². The van der Waals surface area contributed by atoms with Crippen molar-refractivity contribution in [3.05, 3.63) is 71.0 Å². The molecule has 2 aromatic carbocycles. The van der Waals surface area contributed by atoms with Gasteiger partial charge < -0.3 is 9.30 Å². The first-order chi connectivity index (χ1) is 13.4. The average molecular weight is 396 g/mol. The average Bonchev–Trinajstić information content (AvgIpc) is 3.07. The van der Waals surface area contributed by atoms with E-state index in [-0.39, 0.29) is 5.41 Å². The molecule has 0 atom stereocenters. The maximum Gasteiger partial charge on any atom is 0.191 e. The van der Waals surface area contributed by atoms with Crippen LogP contribution in [0.5, 0.6) is 5.75 Å².